The monoisotopic (exact) mass is 210 g/mol. The number of carboxylic acids is 1. The van der Waals surface area contributed by atoms with Crippen LogP contribution < -0.4 is 0 Å². The third-order valence-electron chi connectivity index (χ3n) is 1.66. The van der Waals surface area contributed by atoms with Gasteiger partial charge in [0.25, 0.3) is 0 Å². The molecular formula is C7H6N4O2S. The van der Waals surface area contributed by atoms with Crippen LogP contribution in [-0.2, 0) is 7.05 Å². The minimum atomic E-state index is -1.01. The third-order valence-corrected chi connectivity index (χ3v) is 2.37. The second kappa shape index (κ2) is 3.18. The molecule has 0 fully saturated rings. The van der Waals surface area contributed by atoms with Crippen LogP contribution in [0.4, 0.5) is 0 Å². The molecule has 2 aromatic heterocycles. The first-order valence-electron chi connectivity index (χ1n) is 3.73. The number of carbonyl (C=O) groups is 1. The summed E-state index contributed by atoms with van der Waals surface area (Å²) in [5, 5.41) is 16.5. The summed E-state index contributed by atoms with van der Waals surface area (Å²) in [4.78, 5) is 10.9. The average molecular weight is 210 g/mol. The first-order chi connectivity index (χ1) is 6.68. The number of aromatic carboxylic acids is 1. The largest absolute Gasteiger partial charge is 0.477 e. The smallest absolute Gasteiger partial charge is 0.349 e. The van der Waals surface area contributed by atoms with Crippen molar-refractivity contribution in [1.29, 1.82) is 0 Å². The summed E-state index contributed by atoms with van der Waals surface area (Å²) < 4.78 is 5.19. The van der Waals surface area contributed by atoms with Crippen molar-refractivity contribution >= 4 is 17.5 Å². The highest BCUT2D eigenvalue weighted by atomic mass is 32.1. The quantitative estimate of drug-likeness (QED) is 0.786. The highest BCUT2D eigenvalue weighted by molar-refractivity contribution is 7.08. The molecule has 0 saturated carbocycles. The Morgan fingerprint density at radius 3 is 3.00 bits per heavy atom. The Balaban J connectivity index is 2.51. The highest BCUT2D eigenvalue weighted by Gasteiger charge is 2.17. The number of nitrogens with zero attached hydrogens (tertiary/aromatic N) is 4. The van der Waals surface area contributed by atoms with E-state index in [0.29, 0.717) is 11.3 Å². The van der Waals surface area contributed by atoms with Crippen molar-refractivity contribution in [1.82, 2.24) is 19.4 Å². The zero-order chi connectivity index (χ0) is 10.1. The number of hydrogen-bond acceptors (Lipinski definition) is 5. The van der Waals surface area contributed by atoms with Crippen LogP contribution in [0.3, 0.4) is 0 Å². The van der Waals surface area contributed by atoms with E-state index in [4.69, 9.17) is 5.11 Å². The fourth-order valence-corrected chi connectivity index (χ4v) is 1.59. The van der Waals surface area contributed by atoms with E-state index < -0.39 is 5.97 Å². The summed E-state index contributed by atoms with van der Waals surface area (Å²) in [6.07, 6.45) is 3.26. The number of aromatic nitrogens is 4. The van der Waals surface area contributed by atoms with Gasteiger partial charge >= 0.3 is 5.97 Å². The SMILES string of the molecule is Cn1cc(-c2nnsc2C(=O)O)cn1. The summed E-state index contributed by atoms with van der Waals surface area (Å²) in [5.41, 5.74) is 1.04. The molecule has 0 spiro atoms. The standard InChI is InChI=1S/C7H6N4O2S/c1-11-3-4(2-8-11)5-6(7(12)13)14-10-9-5/h2-3H,1H3,(H,12,13). The average Bonchev–Trinajstić information content (AvgIpc) is 2.70. The molecule has 14 heavy (non-hydrogen) atoms. The fraction of sp³-hybridized carbons (Fsp3) is 0.143. The molecule has 0 saturated heterocycles. The van der Waals surface area contributed by atoms with Crippen LogP contribution in [0, 0.1) is 0 Å². The summed E-state index contributed by atoms with van der Waals surface area (Å²) >= 11 is 0.864. The van der Waals surface area contributed by atoms with Crippen LogP contribution in [0.5, 0.6) is 0 Å². The van der Waals surface area contributed by atoms with Gasteiger partial charge in [-0.3, -0.25) is 4.68 Å². The molecule has 72 valence electrons. The molecule has 0 bridgehead atoms. The van der Waals surface area contributed by atoms with Gasteiger partial charge in [0, 0.05) is 18.8 Å². The van der Waals surface area contributed by atoms with Crippen molar-refractivity contribution in [2.24, 2.45) is 7.05 Å². The van der Waals surface area contributed by atoms with Gasteiger partial charge in [-0.2, -0.15) is 5.10 Å². The van der Waals surface area contributed by atoms with Gasteiger partial charge in [-0.25, -0.2) is 4.79 Å². The van der Waals surface area contributed by atoms with E-state index in [1.165, 1.54) is 0 Å². The van der Waals surface area contributed by atoms with Gasteiger partial charge in [-0.15, -0.1) is 5.10 Å². The molecule has 6 nitrogen and oxygen atoms in total. The molecule has 0 amide bonds. The van der Waals surface area contributed by atoms with Gasteiger partial charge < -0.3 is 5.11 Å². The van der Waals surface area contributed by atoms with Crippen molar-refractivity contribution < 1.29 is 9.90 Å². The lowest BCUT2D eigenvalue weighted by Crippen LogP contribution is -1.94. The van der Waals surface area contributed by atoms with Crippen LogP contribution in [0.1, 0.15) is 9.67 Å². The second-order valence-electron chi connectivity index (χ2n) is 2.66. The van der Waals surface area contributed by atoms with E-state index >= 15 is 0 Å². The number of rotatable bonds is 2. The molecule has 0 aromatic carbocycles. The van der Waals surface area contributed by atoms with Gasteiger partial charge in [0.1, 0.15) is 5.69 Å². The topological polar surface area (TPSA) is 80.9 Å². The maximum Gasteiger partial charge on any atom is 0.349 e. The number of carboxylic acid groups (broad SMARTS) is 1. The molecule has 0 atom stereocenters. The normalized spacial score (nSPS) is 10.4. The van der Waals surface area contributed by atoms with Crippen LogP contribution in [0.25, 0.3) is 11.3 Å². The number of aryl methyl sites for hydroxylation is 1. The maximum absolute atomic E-state index is 10.8. The molecule has 0 aliphatic heterocycles. The molecule has 0 aliphatic carbocycles. The van der Waals surface area contributed by atoms with Crippen LogP contribution in [0.2, 0.25) is 0 Å². The second-order valence-corrected chi connectivity index (χ2v) is 3.41. The Hall–Kier alpha value is -1.76. The van der Waals surface area contributed by atoms with Crippen molar-refractivity contribution in [3.05, 3.63) is 17.3 Å². The maximum atomic E-state index is 10.8. The van der Waals surface area contributed by atoms with Gasteiger partial charge in [0.15, 0.2) is 4.88 Å². The number of hydrogen-bond donors (Lipinski definition) is 1. The van der Waals surface area contributed by atoms with Crippen molar-refractivity contribution in [3.8, 4) is 11.3 Å². The first kappa shape index (κ1) is 8.82. The van der Waals surface area contributed by atoms with E-state index in [-0.39, 0.29) is 4.88 Å². The van der Waals surface area contributed by atoms with Gasteiger partial charge in [-0.1, -0.05) is 4.49 Å². The van der Waals surface area contributed by atoms with Crippen molar-refractivity contribution in [2.75, 3.05) is 0 Å². The van der Waals surface area contributed by atoms with Gasteiger partial charge in [0.2, 0.25) is 0 Å². The van der Waals surface area contributed by atoms with E-state index in [1.807, 2.05) is 0 Å². The Morgan fingerprint density at radius 1 is 1.64 bits per heavy atom. The first-order valence-corrected chi connectivity index (χ1v) is 4.50. The van der Waals surface area contributed by atoms with Crippen LogP contribution in [0.15, 0.2) is 12.4 Å². The van der Waals surface area contributed by atoms with Crippen molar-refractivity contribution in [3.63, 3.8) is 0 Å². The fourth-order valence-electron chi connectivity index (χ4n) is 1.06. The summed E-state index contributed by atoms with van der Waals surface area (Å²) in [6.45, 7) is 0. The third kappa shape index (κ3) is 1.37. The van der Waals surface area contributed by atoms with E-state index in [9.17, 15) is 4.79 Å². The zero-order valence-corrected chi connectivity index (χ0v) is 8.02. The molecule has 2 aromatic rings. The summed E-state index contributed by atoms with van der Waals surface area (Å²) in [7, 11) is 1.75. The van der Waals surface area contributed by atoms with E-state index in [1.54, 1.807) is 24.1 Å². The molecule has 0 radical (unpaired) electrons. The van der Waals surface area contributed by atoms with Crippen LogP contribution in [-0.4, -0.2) is 30.4 Å². The zero-order valence-electron chi connectivity index (χ0n) is 7.21. The molecule has 2 heterocycles. The lowest BCUT2D eigenvalue weighted by molar-refractivity contribution is 0.0702. The molecular weight excluding hydrogens is 204 g/mol. The minimum absolute atomic E-state index is 0.137. The highest BCUT2D eigenvalue weighted by Crippen LogP contribution is 2.22. The molecule has 1 N–H and O–H groups in total. The summed E-state index contributed by atoms with van der Waals surface area (Å²) in [5.74, 6) is -1.01. The molecule has 2 rings (SSSR count). The lowest BCUT2D eigenvalue weighted by atomic mass is 10.2. The Kier molecular flexibility index (Phi) is 2.01. The predicted molar refractivity (Wildman–Crippen MR) is 49.1 cm³/mol. The Bertz CT molecular complexity index is 475. The van der Waals surface area contributed by atoms with Crippen molar-refractivity contribution in [2.45, 2.75) is 0 Å². The van der Waals surface area contributed by atoms with Gasteiger partial charge in [0.05, 0.1) is 6.20 Å². The van der Waals surface area contributed by atoms with Crippen LogP contribution >= 0.6 is 11.5 Å². The van der Waals surface area contributed by atoms with E-state index in [0.717, 1.165) is 11.5 Å². The lowest BCUT2D eigenvalue weighted by Gasteiger charge is -1.90. The van der Waals surface area contributed by atoms with Gasteiger partial charge in [-0.05, 0) is 11.5 Å². The molecule has 0 unspecified atom stereocenters. The Labute approximate surface area is 83.0 Å². The molecule has 7 heteroatoms. The minimum Gasteiger partial charge on any atom is -0.477 e. The Morgan fingerprint density at radius 2 is 2.43 bits per heavy atom. The predicted octanol–water partition coefficient (Wildman–Crippen LogP) is 0.637. The summed E-state index contributed by atoms with van der Waals surface area (Å²) in [6, 6.07) is 0. The molecule has 0 aliphatic rings. The van der Waals surface area contributed by atoms with E-state index in [2.05, 4.69) is 14.7 Å².